The number of furan rings is 1. The summed E-state index contributed by atoms with van der Waals surface area (Å²) >= 11 is 3.31. The van der Waals surface area contributed by atoms with Gasteiger partial charge in [-0.1, -0.05) is 15.9 Å². The van der Waals surface area contributed by atoms with Crippen LogP contribution in [0.15, 0.2) is 38.9 Å². The average Bonchev–Trinajstić information content (AvgIpc) is 3.32. The third-order valence-corrected chi connectivity index (χ3v) is 4.69. The van der Waals surface area contributed by atoms with Crippen LogP contribution in [-0.2, 0) is 20.9 Å². The first-order valence-corrected chi connectivity index (χ1v) is 9.76. The molecule has 1 fully saturated rings. The number of aliphatic carboxylic acids is 1. The second-order valence-corrected chi connectivity index (χ2v) is 7.26. The molecule has 0 radical (unpaired) electrons. The number of amides is 3. The topological polar surface area (TPSA) is 145 Å². The van der Waals surface area contributed by atoms with E-state index in [1.807, 2.05) is 0 Å². The highest BCUT2D eigenvalue weighted by Crippen LogP contribution is 2.36. The molecule has 1 aliphatic rings. The number of carbonyl (C=O) groups excluding carboxylic acids is 3. The van der Waals surface area contributed by atoms with Gasteiger partial charge in [-0.25, -0.2) is 14.4 Å². The van der Waals surface area contributed by atoms with E-state index in [2.05, 4.69) is 26.0 Å². The lowest BCUT2D eigenvalue weighted by Crippen LogP contribution is -2.30. The first kappa shape index (κ1) is 22.9. The smallest absolute Gasteiger partial charge is 0.373 e. The van der Waals surface area contributed by atoms with Gasteiger partial charge in [0.15, 0.2) is 18.1 Å². The molecule has 2 heterocycles. The number of ether oxygens (including phenoxy) is 3. The Morgan fingerprint density at radius 1 is 1.25 bits per heavy atom. The number of hydrogen-bond donors (Lipinski definition) is 2. The maximum absolute atomic E-state index is 12.8. The van der Waals surface area contributed by atoms with Crippen molar-refractivity contribution in [2.75, 3.05) is 20.8 Å². The number of methoxy groups -OCH3 is 2. The Hall–Kier alpha value is -3.80. The monoisotopic (exact) mass is 508 g/mol. The van der Waals surface area contributed by atoms with Gasteiger partial charge in [0.2, 0.25) is 5.76 Å². The molecule has 168 valence electrons. The van der Waals surface area contributed by atoms with Crippen LogP contribution in [0.2, 0.25) is 0 Å². The van der Waals surface area contributed by atoms with Gasteiger partial charge in [0.25, 0.3) is 5.91 Å². The van der Waals surface area contributed by atoms with Crippen LogP contribution in [0.4, 0.5) is 4.79 Å². The van der Waals surface area contributed by atoms with E-state index in [9.17, 15) is 19.2 Å². The van der Waals surface area contributed by atoms with Gasteiger partial charge in [-0.05, 0) is 30.3 Å². The molecule has 0 unspecified atom stereocenters. The molecular formula is C20H17BrN2O9. The van der Waals surface area contributed by atoms with Gasteiger partial charge in [0.05, 0.1) is 20.8 Å². The van der Waals surface area contributed by atoms with Crippen LogP contribution in [0.3, 0.4) is 0 Å². The molecule has 0 atom stereocenters. The minimum Gasteiger partial charge on any atom is -0.493 e. The summed E-state index contributed by atoms with van der Waals surface area (Å²) in [5.74, 6) is -2.10. The molecule has 32 heavy (non-hydrogen) atoms. The first-order valence-electron chi connectivity index (χ1n) is 8.97. The summed E-state index contributed by atoms with van der Waals surface area (Å²) in [6, 6.07) is 5.26. The van der Waals surface area contributed by atoms with E-state index in [1.165, 1.54) is 32.4 Å². The largest absolute Gasteiger partial charge is 0.493 e. The number of carbonyl (C=O) groups is 4. The summed E-state index contributed by atoms with van der Waals surface area (Å²) in [5, 5.41) is 11.4. The van der Waals surface area contributed by atoms with Gasteiger partial charge in [-0.15, -0.1) is 0 Å². The maximum atomic E-state index is 12.8. The van der Waals surface area contributed by atoms with Gasteiger partial charge in [0, 0.05) is 10.0 Å². The number of nitrogens with zero attached hydrogens (tertiary/aromatic N) is 1. The Bertz CT molecular complexity index is 1120. The van der Waals surface area contributed by atoms with E-state index in [1.54, 1.807) is 12.1 Å². The summed E-state index contributed by atoms with van der Waals surface area (Å²) < 4.78 is 21.0. The third kappa shape index (κ3) is 4.91. The maximum Gasteiger partial charge on any atom is 0.373 e. The molecule has 2 N–H and O–H groups in total. The van der Waals surface area contributed by atoms with Crippen LogP contribution in [0.5, 0.6) is 11.5 Å². The molecule has 0 bridgehead atoms. The van der Waals surface area contributed by atoms with E-state index < -0.39 is 30.5 Å². The molecule has 3 amide bonds. The summed E-state index contributed by atoms with van der Waals surface area (Å²) in [5.41, 5.74) is 0.226. The first-order chi connectivity index (χ1) is 15.2. The number of nitrogens with one attached hydrogen (secondary N) is 1. The molecule has 1 aliphatic heterocycles. The van der Waals surface area contributed by atoms with Gasteiger partial charge < -0.3 is 29.1 Å². The normalized spacial score (nSPS) is 14.5. The van der Waals surface area contributed by atoms with Crippen molar-refractivity contribution in [3.05, 3.63) is 51.5 Å². The number of esters is 1. The number of halogens is 1. The standard InChI is InChI=1S/C20H17BrN2O9/c1-29-15-7-11(21)5-10(17(15)31-9-16(24)25)6-13-18(26)23(20(28)22-13)8-12-3-4-14(32-12)19(27)30-2/h3-7H,8-9H2,1-2H3,(H,22,28)(H,24,25)/b13-6+. The molecule has 1 saturated heterocycles. The Morgan fingerprint density at radius 2 is 2.00 bits per heavy atom. The Labute approximate surface area is 189 Å². The van der Waals surface area contributed by atoms with Crippen LogP contribution in [0.25, 0.3) is 6.08 Å². The van der Waals surface area contributed by atoms with Gasteiger partial charge in [-0.2, -0.15) is 0 Å². The van der Waals surface area contributed by atoms with Gasteiger partial charge in [-0.3, -0.25) is 9.69 Å². The zero-order valence-corrected chi connectivity index (χ0v) is 18.4. The van der Waals surface area contributed by atoms with E-state index >= 15 is 0 Å². The van der Waals surface area contributed by atoms with Crippen molar-refractivity contribution in [2.45, 2.75) is 6.54 Å². The van der Waals surface area contributed by atoms with Crippen molar-refractivity contribution in [1.29, 1.82) is 0 Å². The number of rotatable bonds is 8. The summed E-state index contributed by atoms with van der Waals surface area (Å²) in [4.78, 5) is 48.5. The van der Waals surface area contributed by atoms with Crippen molar-refractivity contribution in [1.82, 2.24) is 10.2 Å². The fraction of sp³-hybridized carbons (Fsp3) is 0.200. The van der Waals surface area contributed by atoms with E-state index in [0.717, 1.165) is 4.90 Å². The number of urea groups is 1. The van der Waals surface area contributed by atoms with Gasteiger partial charge >= 0.3 is 18.0 Å². The highest BCUT2D eigenvalue weighted by Gasteiger charge is 2.34. The minimum atomic E-state index is -1.20. The summed E-state index contributed by atoms with van der Waals surface area (Å²) in [6.45, 7) is -0.856. The quantitative estimate of drug-likeness (QED) is 0.311. The second kappa shape index (κ2) is 9.56. The van der Waals surface area contributed by atoms with Crippen molar-refractivity contribution >= 4 is 45.9 Å². The lowest BCUT2D eigenvalue weighted by molar-refractivity contribution is -0.139. The Morgan fingerprint density at radius 3 is 2.66 bits per heavy atom. The molecule has 1 aromatic heterocycles. The zero-order valence-electron chi connectivity index (χ0n) is 16.8. The lowest BCUT2D eigenvalue weighted by atomic mass is 10.1. The number of carboxylic acids is 1. The molecule has 11 nitrogen and oxygen atoms in total. The molecule has 12 heteroatoms. The highest BCUT2D eigenvalue weighted by atomic mass is 79.9. The van der Waals surface area contributed by atoms with E-state index in [-0.39, 0.29) is 35.3 Å². The van der Waals surface area contributed by atoms with Crippen LogP contribution in [0, 0.1) is 0 Å². The number of benzene rings is 1. The van der Waals surface area contributed by atoms with Crippen LogP contribution >= 0.6 is 15.9 Å². The zero-order chi connectivity index (χ0) is 23.4. The van der Waals surface area contributed by atoms with Crippen molar-refractivity contribution in [3.8, 4) is 11.5 Å². The van der Waals surface area contributed by atoms with Crippen LogP contribution in [-0.4, -0.2) is 54.7 Å². The van der Waals surface area contributed by atoms with Gasteiger partial charge in [0.1, 0.15) is 11.5 Å². The Kier molecular flexibility index (Phi) is 6.83. The molecule has 1 aromatic carbocycles. The van der Waals surface area contributed by atoms with E-state index in [0.29, 0.717) is 10.0 Å². The number of carboxylic acid groups (broad SMARTS) is 1. The lowest BCUT2D eigenvalue weighted by Gasteiger charge is -2.13. The predicted octanol–water partition coefficient (Wildman–Crippen LogP) is 2.39. The van der Waals surface area contributed by atoms with Crippen molar-refractivity contribution in [2.24, 2.45) is 0 Å². The molecule has 3 rings (SSSR count). The van der Waals surface area contributed by atoms with Crippen molar-refractivity contribution < 1.29 is 42.9 Å². The minimum absolute atomic E-state index is 0.0632. The predicted molar refractivity (Wildman–Crippen MR) is 111 cm³/mol. The number of hydrogen-bond acceptors (Lipinski definition) is 8. The second-order valence-electron chi connectivity index (χ2n) is 6.35. The van der Waals surface area contributed by atoms with Crippen molar-refractivity contribution in [3.63, 3.8) is 0 Å². The van der Waals surface area contributed by atoms with Crippen LogP contribution in [0.1, 0.15) is 21.9 Å². The molecule has 0 spiro atoms. The summed E-state index contributed by atoms with van der Waals surface area (Å²) in [6.07, 6.45) is 1.34. The third-order valence-electron chi connectivity index (χ3n) is 4.23. The summed E-state index contributed by atoms with van der Waals surface area (Å²) in [7, 11) is 2.58. The fourth-order valence-electron chi connectivity index (χ4n) is 2.84. The average molecular weight is 509 g/mol. The van der Waals surface area contributed by atoms with Crippen LogP contribution < -0.4 is 14.8 Å². The fourth-order valence-corrected chi connectivity index (χ4v) is 3.29. The number of imide groups is 1. The molecular weight excluding hydrogens is 492 g/mol. The molecule has 2 aromatic rings. The highest BCUT2D eigenvalue weighted by molar-refractivity contribution is 9.10. The SMILES string of the molecule is COC(=O)c1ccc(CN2C(=O)N/C(=C/c3cc(Br)cc(OC)c3OCC(=O)O)C2=O)o1. The Balaban J connectivity index is 1.88. The van der Waals surface area contributed by atoms with E-state index in [4.69, 9.17) is 19.0 Å². The molecule has 0 saturated carbocycles. The molecule has 0 aliphatic carbocycles.